The van der Waals surface area contributed by atoms with E-state index in [2.05, 4.69) is 6.58 Å². The van der Waals surface area contributed by atoms with Crippen molar-refractivity contribution in [1.82, 2.24) is 0 Å². The van der Waals surface area contributed by atoms with E-state index in [1.165, 1.54) is 0 Å². The van der Waals surface area contributed by atoms with Crippen molar-refractivity contribution in [2.75, 3.05) is 6.61 Å². The summed E-state index contributed by atoms with van der Waals surface area (Å²) >= 11 is 0. The molecule has 2 nitrogen and oxygen atoms in total. The minimum absolute atomic E-state index is 0.0893. The summed E-state index contributed by atoms with van der Waals surface area (Å²) in [6.45, 7) is 3.80. The molecule has 0 radical (unpaired) electrons. The van der Waals surface area contributed by atoms with Crippen molar-refractivity contribution < 1.29 is 5.11 Å². The lowest BCUT2D eigenvalue weighted by Crippen LogP contribution is -2.50. The molecule has 0 amide bonds. The second kappa shape index (κ2) is 1.57. The SMILES string of the molecule is C=C1CC(N)(CO)C1. The number of hydrogen-bond donors (Lipinski definition) is 2. The lowest BCUT2D eigenvalue weighted by Gasteiger charge is -2.38. The van der Waals surface area contributed by atoms with Crippen LogP contribution in [0.5, 0.6) is 0 Å². The summed E-state index contributed by atoms with van der Waals surface area (Å²) in [5.74, 6) is 0. The molecule has 0 aliphatic heterocycles. The smallest absolute Gasteiger partial charge is 0.0617 e. The molecular weight excluding hydrogens is 102 g/mol. The van der Waals surface area contributed by atoms with Crippen molar-refractivity contribution in [2.45, 2.75) is 18.4 Å². The summed E-state index contributed by atoms with van der Waals surface area (Å²) < 4.78 is 0. The Morgan fingerprint density at radius 3 is 2.38 bits per heavy atom. The lowest BCUT2D eigenvalue weighted by atomic mass is 9.75. The highest BCUT2D eigenvalue weighted by molar-refractivity contribution is 5.18. The fourth-order valence-corrected chi connectivity index (χ4v) is 1.06. The molecule has 1 saturated carbocycles. The number of rotatable bonds is 1. The third-order valence-corrected chi connectivity index (χ3v) is 1.52. The van der Waals surface area contributed by atoms with Crippen LogP contribution < -0.4 is 5.73 Å². The third kappa shape index (κ3) is 0.767. The van der Waals surface area contributed by atoms with Gasteiger partial charge in [-0.3, -0.25) is 0 Å². The topological polar surface area (TPSA) is 46.2 Å². The van der Waals surface area contributed by atoms with Crippen molar-refractivity contribution in [3.8, 4) is 0 Å². The highest BCUT2D eigenvalue weighted by Crippen LogP contribution is 2.32. The van der Waals surface area contributed by atoms with Crippen LogP contribution in [-0.2, 0) is 0 Å². The first kappa shape index (κ1) is 5.79. The lowest BCUT2D eigenvalue weighted by molar-refractivity contribution is 0.163. The highest BCUT2D eigenvalue weighted by Gasteiger charge is 2.34. The highest BCUT2D eigenvalue weighted by atomic mass is 16.3. The van der Waals surface area contributed by atoms with Crippen LogP contribution in [0.25, 0.3) is 0 Å². The summed E-state index contributed by atoms with van der Waals surface area (Å²) in [4.78, 5) is 0. The van der Waals surface area contributed by atoms with E-state index < -0.39 is 0 Å². The molecule has 1 aliphatic carbocycles. The molecule has 0 unspecified atom stereocenters. The molecule has 8 heavy (non-hydrogen) atoms. The number of aliphatic hydroxyl groups is 1. The minimum Gasteiger partial charge on any atom is -0.394 e. The molecule has 2 heteroatoms. The Labute approximate surface area is 49.0 Å². The average Bonchev–Trinajstić information content (AvgIpc) is 1.63. The van der Waals surface area contributed by atoms with E-state index in [4.69, 9.17) is 10.8 Å². The zero-order chi connectivity index (χ0) is 6.20. The van der Waals surface area contributed by atoms with Crippen LogP contribution in [0.15, 0.2) is 12.2 Å². The maximum Gasteiger partial charge on any atom is 0.0617 e. The van der Waals surface area contributed by atoms with E-state index in [9.17, 15) is 0 Å². The monoisotopic (exact) mass is 113 g/mol. The van der Waals surface area contributed by atoms with E-state index in [1.807, 2.05) is 0 Å². The molecule has 0 bridgehead atoms. The molecule has 0 aromatic rings. The Hall–Kier alpha value is -0.340. The number of aliphatic hydroxyl groups excluding tert-OH is 1. The molecule has 0 spiro atoms. The normalized spacial score (nSPS) is 25.0. The Kier molecular flexibility index (Phi) is 1.14. The summed E-state index contributed by atoms with van der Waals surface area (Å²) in [5, 5.41) is 8.60. The standard InChI is InChI=1S/C6H11NO/c1-5-2-6(7,3-5)4-8/h8H,1-4,7H2. The Balaban J connectivity index is 2.40. The molecule has 0 saturated heterocycles. The largest absolute Gasteiger partial charge is 0.394 e. The van der Waals surface area contributed by atoms with Crippen molar-refractivity contribution in [3.05, 3.63) is 12.2 Å². The summed E-state index contributed by atoms with van der Waals surface area (Å²) in [6.07, 6.45) is 1.59. The molecule has 0 heterocycles. The van der Waals surface area contributed by atoms with E-state index in [0.717, 1.165) is 18.4 Å². The molecule has 0 aromatic heterocycles. The summed E-state index contributed by atoms with van der Waals surface area (Å²) in [7, 11) is 0. The van der Waals surface area contributed by atoms with E-state index >= 15 is 0 Å². The first-order valence-electron chi connectivity index (χ1n) is 2.73. The van der Waals surface area contributed by atoms with Crippen molar-refractivity contribution >= 4 is 0 Å². The zero-order valence-electron chi connectivity index (χ0n) is 4.85. The number of nitrogens with two attached hydrogens (primary N) is 1. The molecular formula is C6H11NO. The minimum atomic E-state index is -0.308. The predicted molar refractivity (Wildman–Crippen MR) is 32.4 cm³/mol. The van der Waals surface area contributed by atoms with Gasteiger partial charge in [0.15, 0.2) is 0 Å². The van der Waals surface area contributed by atoms with Gasteiger partial charge in [-0.25, -0.2) is 0 Å². The first-order chi connectivity index (χ1) is 3.66. The van der Waals surface area contributed by atoms with Crippen molar-refractivity contribution in [1.29, 1.82) is 0 Å². The van der Waals surface area contributed by atoms with Gasteiger partial charge in [0.2, 0.25) is 0 Å². The van der Waals surface area contributed by atoms with Crippen LogP contribution in [0.3, 0.4) is 0 Å². The molecule has 0 aromatic carbocycles. The molecule has 46 valence electrons. The average molecular weight is 113 g/mol. The van der Waals surface area contributed by atoms with Crippen LogP contribution in [0.2, 0.25) is 0 Å². The van der Waals surface area contributed by atoms with Crippen LogP contribution in [0, 0.1) is 0 Å². The molecule has 0 atom stereocenters. The van der Waals surface area contributed by atoms with E-state index in [-0.39, 0.29) is 12.1 Å². The van der Waals surface area contributed by atoms with Gasteiger partial charge in [0.1, 0.15) is 0 Å². The van der Waals surface area contributed by atoms with Crippen LogP contribution in [-0.4, -0.2) is 17.3 Å². The van der Waals surface area contributed by atoms with Crippen LogP contribution in [0.1, 0.15) is 12.8 Å². The van der Waals surface area contributed by atoms with Gasteiger partial charge in [0.05, 0.1) is 6.61 Å². The maximum atomic E-state index is 8.60. The fraction of sp³-hybridized carbons (Fsp3) is 0.667. The van der Waals surface area contributed by atoms with Gasteiger partial charge in [-0.2, -0.15) is 0 Å². The molecule has 1 rings (SSSR count). The first-order valence-corrected chi connectivity index (χ1v) is 2.73. The second-order valence-electron chi connectivity index (χ2n) is 2.62. The van der Waals surface area contributed by atoms with Crippen LogP contribution in [0.4, 0.5) is 0 Å². The Morgan fingerprint density at radius 2 is 2.25 bits per heavy atom. The van der Waals surface area contributed by atoms with Gasteiger partial charge in [0, 0.05) is 5.54 Å². The summed E-state index contributed by atoms with van der Waals surface area (Å²) in [6, 6.07) is 0. The predicted octanol–water partition coefficient (Wildman–Crippen LogP) is 0.0262. The molecule has 1 fully saturated rings. The fourth-order valence-electron chi connectivity index (χ4n) is 1.06. The zero-order valence-corrected chi connectivity index (χ0v) is 4.85. The summed E-state index contributed by atoms with van der Waals surface area (Å²) in [5.41, 5.74) is 6.43. The van der Waals surface area contributed by atoms with Gasteiger partial charge in [-0.15, -0.1) is 0 Å². The van der Waals surface area contributed by atoms with Crippen LogP contribution >= 0.6 is 0 Å². The Bertz CT molecular complexity index is 112. The number of hydrogen-bond acceptors (Lipinski definition) is 2. The van der Waals surface area contributed by atoms with Crippen molar-refractivity contribution in [3.63, 3.8) is 0 Å². The third-order valence-electron chi connectivity index (χ3n) is 1.52. The van der Waals surface area contributed by atoms with Gasteiger partial charge < -0.3 is 10.8 Å². The molecule has 1 aliphatic rings. The van der Waals surface area contributed by atoms with Crippen molar-refractivity contribution in [2.24, 2.45) is 5.73 Å². The second-order valence-corrected chi connectivity index (χ2v) is 2.62. The Morgan fingerprint density at radius 1 is 1.75 bits per heavy atom. The van der Waals surface area contributed by atoms with E-state index in [1.54, 1.807) is 0 Å². The van der Waals surface area contributed by atoms with Gasteiger partial charge >= 0.3 is 0 Å². The van der Waals surface area contributed by atoms with Gasteiger partial charge in [-0.05, 0) is 12.8 Å². The quantitative estimate of drug-likeness (QED) is 0.471. The maximum absolute atomic E-state index is 8.60. The van der Waals surface area contributed by atoms with E-state index in [0.29, 0.717) is 0 Å². The molecule has 3 N–H and O–H groups in total. The van der Waals surface area contributed by atoms with Gasteiger partial charge in [-0.1, -0.05) is 12.2 Å². The van der Waals surface area contributed by atoms with Gasteiger partial charge in [0.25, 0.3) is 0 Å².